The van der Waals surface area contributed by atoms with E-state index in [-0.39, 0.29) is 5.78 Å². The Morgan fingerprint density at radius 2 is 1.48 bits per heavy atom. The van der Waals surface area contributed by atoms with Crippen molar-refractivity contribution in [3.05, 3.63) is 102 Å². The number of ketones is 1. The first-order chi connectivity index (χ1) is 12.2. The molecule has 0 bridgehead atoms. The minimum absolute atomic E-state index is 0.00292. The van der Waals surface area contributed by atoms with Crippen LogP contribution in [0.4, 0.5) is 0 Å². The number of carbonyl (C=O) groups is 1. The monoisotopic (exact) mass is 323 g/mol. The summed E-state index contributed by atoms with van der Waals surface area (Å²) in [7, 11) is 0. The number of aryl methyl sites for hydroxylation is 1. The molecular formula is C23H17NO. The predicted molar refractivity (Wildman–Crippen MR) is 102 cm³/mol. The molecule has 0 atom stereocenters. The van der Waals surface area contributed by atoms with Gasteiger partial charge in [0.25, 0.3) is 0 Å². The molecule has 3 aromatic carbocycles. The molecule has 2 heteroatoms. The first kappa shape index (κ1) is 15.3. The number of nitrogens with zero attached hydrogens (tertiary/aromatic N) is 1. The zero-order chi connectivity index (χ0) is 17.2. The average molecular weight is 323 g/mol. The normalized spacial score (nSPS) is 10.8. The summed E-state index contributed by atoms with van der Waals surface area (Å²) in [5, 5.41) is 1.90. The molecule has 4 rings (SSSR count). The number of benzene rings is 3. The third kappa shape index (κ3) is 2.83. The molecule has 0 spiro atoms. The highest BCUT2D eigenvalue weighted by molar-refractivity contribution is 6.19. The minimum Gasteiger partial charge on any atom is -0.289 e. The molecule has 0 fully saturated rings. The van der Waals surface area contributed by atoms with Crippen molar-refractivity contribution < 1.29 is 4.79 Å². The molecule has 0 aliphatic rings. The van der Waals surface area contributed by atoms with E-state index in [0.29, 0.717) is 11.1 Å². The summed E-state index contributed by atoms with van der Waals surface area (Å²) in [5.74, 6) is 0.00292. The van der Waals surface area contributed by atoms with E-state index in [2.05, 4.69) is 4.98 Å². The Bertz CT molecular complexity index is 1050. The SMILES string of the molecule is Cc1ccc(C(=O)c2c(-c3ccccc3)ncc3ccccc23)cc1. The summed E-state index contributed by atoms with van der Waals surface area (Å²) >= 11 is 0. The molecule has 120 valence electrons. The molecule has 0 aliphatic carbocycles. The van der Waals surface area contributed by atoms with Gasteiger partial charge >= 0.3 is 0 Å². The highest BCUT2D eigenvalue weighted by Crippen LogP contribution is 2.30. The number of carbonyl (C=O) groups excluding carboxylic acids is 1. The van der Waals surface area contributed by atoms with Crippen LogP contribution < -0.4 is 0 Å². The van der Waals surface area contributed by atoms with Crippen LogP contribution in [-0.4, -0.2) is 10.8 Å². The second-order valence-corrected chi connectivity index (χ2v) is 6.13. The molecule has 0 amide bonds. The molecule has 1 aromatic heterocycles. The van der Waals surface area contributed by atoms with Crippen LogP contribution in [0.3, 0.4) is 0 Å². The minimum atomic E-state index is 0.00292. The number of aromatic nitrogens is 1. The van der Waals surface area contributed by atoms with Gasteiger partial charge in [-0.2, -0.15) is 0 Å². The Hall–Kier alpha value is -3.26. The van der Waals surface area contributed by atoms with Crippen molar-refractivity contribution in [2.75, 3.05) is 0 Å². The summed E-state index contributed by atoms with van der Waals surface area (Å²) < 4.78 is 0. The molecule has 0 aliphatic heterocycles. The Kier molecular flexibility index (Phi) is 3.87. The molecular weight excluding hydrogens is 306 g/mol. The van der Waals surface area contributed by atoms with Gasteiger partial charge in [-0.15, -0.1) is 0 Å². The molecule has 0 radical (unpaired) electrons. The maximum Gasteiger partial charge on any atom is 0.195 e. The highest BCUT2D eigenvalue weighted by atomic mass is 16.1. The van der Waals surface area contributed by atoms with Gasteiger partial charge in [0, 0.05) is 22.7 Å². The maximum absolute atomic E-state index is 13.3. The van der Waals surface area contributed by atoms with E-state index in [9.17, 15) is 4.79 Å². The number of hydrogen-bond acceptors (Lipinski definition) is 2. The lowest BCUT2D eigenvalue weighted by molar-refractivity contribution is 0.104. The van der Waals surface area contributed by atoms with Crippen molar-refractivity contribution in [2.24, 2.45) is 0 Å². The van der Waals surface area contributed by atoms with E-state index in [0.717, 1.165) is 27.6 Å². The van der Waals surface area contributed by atoms with Gasteiger partial charge in [-0.3, -0.25) is 9.78 Å². The van der Waals surface area contributed by atoms with E-state index in [1.807, 2.05) is 92.0 Å². The third-order valence-electron chi connectivity index (χ3n) is 4.39. The highest BCUT2D eigenvalue weighted by Gasteiger charge is 2.19. The summed E-state index contributed by atoms with van der Waals surface area (Å²) in [6, 6.07) is 25.5. The van der Waals surface area contributed by atoms with E-state index < -0.39 is 0 Å². The quantitative estimate of drug-likeness (QED) is 0.470. The zero-order valence-electron chi connectivity index (χ0n) is 13.9. The summed E-state index contributed by atoms with van der Waals surface area (Å²) in [6.07, 6.45) is 1.84. The molecule has 2 nitrogen and oxygen atoms in total. The molecule has 25 heavy (non-hydrogen) atoms. The Labute approximate surface area is 146 Å². The van der Waals surface area contributed by atoms with Crippen molar-refractivity contribution >= 4 is 16.6 Å². The molecule has 0 saturated heterocycles. The largest absolute Gasteiger partial charge is 0.289 e. The van der Waals surface area contributed by atoms with Gasteiger partial charge in [0.2, 0.25) is 0 Å². The molecule has 1 heterocycles. The maximum atomic E-state index is 13.3. The molecule has 0 N–H and O–H groups in total. The molecule has 0 saturated carbocycles. The Morgan fingerprint density at radius 1 is 0.800 bits per heavy atom. The number of pyridine rings is 1. The van der Waals surface area contributed by atoms with Crippen molar-refractivity contribution in [3.8, 4) is 11.3 Å². The summed E-state index contributed by atoms with van der Waals surface area (Å²) in [5.41, 5.74) is 4.15. The lowest BCUT2D eigenvalue weighted by Crippen LogP contribution is -2.06. The topological polar surface area (TPSA) is 30.0 Å². The van der Waals surface area contributed by atoms with Crippen LogP contribution in [-0.2, 0) is 0 Å². The van der Waals surface area contributed by atoms with Crippen molar-refractivity contribution in [3.63, 3.8) is 0 Å². The van der Waals surface area contributed by atoms with Crippen LogP contribution in [0, 0.1) is 6.92 Å². The fourth-order valence-electron chi connectivity index (χ4n) is 3.06. The van der Waals surface area contributed by atoms with Gasteiger partial charge in [-0.05, 0) is 12.3 Å². The van der Waals surface area contributed by atoms with Gasteiger partial charge in [-0.25, -0.2) is 0 Å². The first-order valence-corrected chi connectivity index (χ1v) is 8.28. The number of hydrogen-bond donors (Lipinski definition) is 0. The van der Waals surface area contributed by atoms with Crippen molar-refractivity contribution in [2.45, 2.75) is 6.92 Å². The van der Waals surface area contributed by atoms with Crippen LogP contribution in [0.5, 0.6) is 0 Å². The van der Waals surface area contributed by atoms with E-state index in [4.69, 9.17) is 0 Å². The van der Waals surface area contributed by atoms with Crippen LogP contribution >= 0.6 is 0 Å². The second-order valence-electron chi connectivity index (χ2n) is 6.13. The van der Waals surface area contributed by atoms with E-state index >= 15 is 0 Å². The van der Waals surface area contributed by atoms with Crippen LogP contribution in [0.15, 0.2) is 85.1 Å². The van der Waals surface area contributed by atoms with E-state index in [1.165, 1.54) is 0 Å². The summed E-state index contributed by atoms with van der Waals surface area (Å²) in [4.78, 5) is 17.9. The van der Waals surface area contributed by atoms with Gasteiger partial charge in [0.15, 0.2) is 5.78 Å². The zero-order valence-corrected chi connectivity index (χ0v) is 13.9. The second kappa shape index (κ2) is 6.33. The smallest absolute Gasteiger partial charge is 0.195 e. The standard InChI is InChI=1S/C23H17NO/c1-16-11-13-18(14-12-16)23(25)21-20-10-6-5-9-19(20)15-24-22(21)17-7-3-2-4-8-17/h2-15H,1H3. The average Bonchev–Trinajstić information content (AvgIpc) is 2.68. The van der Waals surface area contributed by atoms with Crippen molar-refractivity contribution in [1.29, 1.82) is 0 Å². The van der Waals surface area contributed by atoms with Crippen LogP contribution in [0.2, 0.25) is 0 Å². The fourth-order valence-corrected chi connectivity index (χ4v) is 3.06. The van der Waals surface area contributed by atoms with Crippen LogP contribution in [0.25, 0.3) is 22.0 Å². The summed E-state index contributed by atoms with van der Waals surface area (Å²) in [6.45, 7) is 2.02. The van der Waals surface area contributed by atoms with Crippen molar-refractivity contribution in [1.82, 2.24) is 4.98 Å². The molecule has 0 unspecified atom stereocenters. The van der Waals surface area contributed by atoms with Crippen LogP contribution in [0.1, 0.15) is 21.5 Å². The Balaban J connectivity index is 1.99. The predicted octanol–water partition coefficient (Wildman–Crippen LogP) is 5.44. The van der Waals surface area contributed by atoms with Gasteiger partial charge in [0.1, 0.15) is 0 Å². The Morgan fingerprint density at radius 3 is 2.24 bits per heavy atom. The number of rotatable bonds is 3. The van der Waals surface area contributed by atoms with Gasteiger partial charge < -0.3 is 0 Å². The van der Waals surface area contributed by atoms with Gasteiger partial charge in [-0.1, -0.05) is 84.4 Å². The molecule has 4 aromatic rings. The first-order valence-electron chi connectivity index (χ1n) is 8.28. The third-order valence-corrected chi connectivity index (χ3v) is 4.39. The van der Waals surface area contributed by atoms with E-state index in [1.54, 1.807) is 0 Å². The fraction of sp³-hybridized carbons (Fsp3) is 0.0435. The number of fused-ring (bicyclic) bond motifs is 1. The van der Waals surface area contributed by atoms with Gasteiger partial charge in [0.05, 0.1) is 11.3 Å². The lowest BCUT2D eigenvalue weighted by Gasteiger charge is -2.12. The lowest BCUT2D eigenvalue weighted by atomic mass is 9.93.